The normalized spacial score (nSPS) is 16.9. The average molecular weight is 391 g/mol. The van der Waals surface area contributed by atoms with Crippen LogP contribution in [0.3, 0.4) is 0 Å². The SMILES string of the molecule is CCOC(=O)C1CCCN(C(=O)c2cc(Cl)c(-n3cccc3)cc2OC)C1. The van der Waals surface area contributed by atoms with Crippen LogP contribution in [0.15, 0.2) is 36.7 Å². The summed E-state index contributed by atoms with van der Waals surface area (Å²) in [6.45, 7) is 3.06. The molecule has 0 saturated carbocycles. The number of aromatic nitrogens is 1. The van der Waals surface area contributed by atoms with Crippen LogP contribution in [-0.4, -0.2) is 48.1 Å². The van der Waals surface area contributed by atoms with E-state index in [-0.39, 0.29) is 17.8 Å². The lowest BCUT2D eigenvalue weighted by Crippen LogP contribution is -2.43. The van der Waals surface area contributed by atoms with Crippen LogP contribution in [-0.2, 0) is 9.53 Å². The Bertz CT molecular complexity index is 820. The van der Waals surface area contributed by atoms with Crippen LogP contribution in [0.5, 0.6) is 5.75 Å². The molecule has 0 spiro atoms. The van der Waals surface area contributed by atoms with Gasteiger partial charge in [0.2, 0.25) is 0 Å². The van der Waals surface area contributed by atoms with E-state index in [0.717, 1.165) is 18.5 Å². The Kier molecular flexibility index (Phi) is 6.06. The molecule has 1 amide bonds. The van der Waals surface area contributed by atoms with Crippen molar-refractivity contribution in [3.05, 3.63) is 47.2 Å². The molecule has 2 aromatic rings. The number of hydrogen-bond donors (Lipinski definition) is 0. The van der Waals surface area contributed by atoms with Crippen LogP contribution in [0.4, 0.5) is 0 Å². The Hall–Kier alpha value is -2.47. The first kappa shape index (κ1) is 19.3. The first-order valence-corrected chi connectivity index (χ1v) is 9.39. The van der Waals surface area contributed by atoms with Gasteiger partial charge in [-0.2, -0.15) is 0 Å². The van der Waals surface area contributed by atoms with Crippen LogP contribution in [0, 0.1) is 5.92 Å². The van der Waals surface area contributed by atoms with E-state index < -0.39 is 0 Å². The molecule has 144 valence electrons. The van der Waals surface area contributed by atoms with Gasteiger partial charge >= 0.3 is 5.97 Å². The second-order valence-corrected chi connectivity index (χ2v) is 6.84. The molecule has 0 bridgehead atoms. The molecule has 1 aromatic heterocycles. The highest BCUT2D eigenvalue weighted by Crippen LogP contribution is 2.32. The summed E-state index contributed by atoms with van der Waals surface area (Å²) < 4.78 is 12.4. The lowest BCUT2D eigenvalue weighted by molar-refractivity contribution is -0.149. The van der Waals surface area contributed by atoms with Crippen molar-refractivity contribution in [2.45, 2.75) is 19.8 Å². The van der Waals surface area contributed by atoms with Crippen molar-refractivity contribution in [3.8, 4) is 11.4 Å². The molecule has 1 aliphatic heterocycles. The zero-order valence-corrected chi connectivity index (χ0v) is 16.2. The summed E-state index contributed by atoms with van der Waals surface area (Å²) in [4.78, 5) is 26.8. The molecule has 0 radical (unpaired) electrons. The number of amides is 1. The van der Waals surface area contributed by atoms with Crippen LogP contribution >= 0.6 is 11.6 Å². The fourth-order valence-electron chi connectivity index (χ4n) is 3.36. The van der Waals surface area contributed by atoms with Crippen molar-refractivity contribution in [2.75, 3.05) is 26.8 Å². The van der Waals surface area contributed by atoms with Gasteiger partial charge in [0.25, 0.3) is 5.91 Å². The number of nitrogens with zero attached hydrogens (tertiary/aromatic N) is 2. The van der Waals surface area contributed by atoms with E-state index in [2.05, 4.69) is 0 Å². The minimum atomic E-state index is -0.289. The predicted octanol–water partition coefficient (Wildman–Crippen LogP) is 3.55. The van der Waals surface area contributed by atoms with Crippen LogP contribution in [0.2, 0.25) is 5.02 Å². The van der Waals surface area contributed by atoms with Gasteiger partial charge in [-0.3, -0.25) is 9.59 Å². The number of ether oxygens (including phenoxy) is 2. The topological polar surface area (TPSA) is 60.8 Å². The van der Waals surface area contributed by atoms with Gasteiger partial charge in [0, 0.05) is 31.5 Å². The van der Waals surface area contributed by atoms with Crippen molar-refractivity contribution >= 4 is 23.5 Å². The van der Waals surface area contributed by atoms with Gasteiger partial charge < -0.3 is 18.9 Å². The maximum atomic E-state index is 13.1. The van der Waals surface area contributed by atoms with Gasteiger partial charge in [0.15, 0.2) is 0 Å². The first-order chi connectivity index (χ1) is 13.0. The van der Waals surface area contributed by atoms with E-state index >= 15 is 0 Å². The van der Waals surface area contributed by atoms with Gasteiger partial charge in [-0.1, -0.05) is 11.6 Å². The highest BCUT2D eigenvalue weighted by molar-refractivity contribution is 6.33. The van der Waals surface area contributed by atoms with Crippen molar-refractivity contribution in [1.29, 1.82) is 0 Å². The third-order valence-electron chi connectivity index (χ3n) is 4.71. The molecule has 3 rings (SSSR count). The number of hydrogen-bond acceptors (Lipinski definition) is 4. The molecule has 1 aromatic carbocycles. The zero-order chi connectivity index (χ0) is 19.4. The predicted molar refractivity (Wildman–Crippen MR) is 103 cm³/mol. The Morgan fingerprint density at radius 1 is 1.26 bits per heavy atom. The van der Waals surface area contributed by atoms with Gasteiger partial charge in [0.1, 0.15) is 5.75 Å². The van der Waals surface area contributed by atoms with Crippen LogP contribution < -0.4 is 4.74 Å². The Morgan fingerprint density at radius 3 is 2.67 bits per heavy atom. The molecule has 1 aliphatic rings. The van der Waals surface area contributed by atoms with Crippen LogP contribution in [0.25, 0.3) is 5.69 Å². The van der Waals surface area contributed by atoms with Gasteiger partial charge in [-0.05, 0) is 38.0 Å². The average Bonchev–Trinajstić information content (AvgIpc) is 3.22. The minimum Gasteiger partial charge on any atom is -0.496 e. The highest BCUT2D eigenvalue weighted by atomic mass is 35.5. The standard InChI is InChI=1S/C20H23ClN2O4/c1-3-27-20(25)14-7-6-10-23(13-14)19(24)15-11-16(21)17(12-18(15)26-2)22-8-4-5-9-22/h4-5,8-9,11-12,14H,3,6-7,10,13H2,1-2H3. The quantitative estimate of drug-likeness (QED) is 0.732. The molecule has 0 N–H and O–H groups in total. The lowest BCUT2D eigenvalue weighted by Gasteiger charge is -2.32. The molecule has 2 heterocycles. The summed E-state index contributed by atoms with van der Waals surface area (Å²) in [6, 6.07) is 7.17. The maximum absolute atomic E-state index is 13.1. The monoisotopic (exact) mass is 390 g/mol. The number of rotatable bonds is 5. The molecule has 7 heteroatoms. The minimum absolute atomic E-state index is 0.193. The van der Waals surface area contributed by atoms with E-state index in [0.29, 0.717) is 36.0 Å². The summed E-state index contributed by atoms with van der Waals surface area (Å²) >= 11 is 6.43. The third kappa shape index (κ3) is 4.11. The van der Waals surface area contributed by atoms with Crippen LogP contribution in [0.1, 0.15) is 30.1 Å². The fourth-order valence-corrected chi connectivity index (χ4v) is 3.62. The third-order valence-corrected chi connectivity index (χ3v) is 5.01. The summed E-state index contributed by atoms with van der Waals surface area (Å²) in [5, 5.41) is 0.453. The molecule has 6 nitrogen and oxygen atoms in total. The van der Waals surface area contributed by atoms with E-state index in [4.69, 9.17) is 21.1 Å². The smallest absolute Gasteiger partial charge is 0.310 e. The number of carbonyl (C=O) groups is 2. The number of methoxy groups -OCH3 is 1. The van der Waals surface area contributed by atoms with Crippen molar-refractivity contribution in [3.63, 3.8) is 0 Å². The summed E-state index contributed by atoms with van der Waals surface area (Å²) in [7, 11) is 1.52. The number of benzene rings is 1. The molecule has 1 unspecified atom stereocenters. The van der Waals surface area contributed by atoms with Crippen molar-refractivity contribution in [2.24, 2.45) is 5.92 Å². The molecule has 0 aliphatic carbocycles. The van der Waals surface area contributed by atoms with E-state index in [1.54, 1.807) is 24.0 Å². The van der Waals surface area contributed by atoms with E-state index in [1.165, 1.54) is 7.11 Å². The van der Waals surface area contributed by atoms with Crippen molar-refractivity contribution < 1.29 is 19.1 Å². The van der Waals surface area contributed by atoms with Gasteiger partial charge in [-0.25, -0.2) is 0 Å². The molecule has 1 atom stereocenters. The molecular weight excluding hydrogens is 368 g/mol. The Morgan fingerprint density at radius 2 is 2.00 bits per heavy atom. The number of halogens is 1. The van der Waals surface area contributed by atoms with Gasteiger partial charge in [-0.15, -0.1) is 0 Å². The number of esters is 1. The summed E-state index contributed by atoms with van der Waals surface area (Å²) in [5.74, 6) is -0.278. The Labute approximate surface area is 163 Å². The number of likely N-dealkylation sites (tertiary alicyclic amines) is 1. The molecule has 27 heavy (non-hydrogen) atoms. The second-order valence-electron chi connectivity index (χ2n) is 6.44. The molecule has 1 saturated heterocycles. The van der Waals surface area contributed by atoms with E-state index in [9.17, 15) is 9.59 Å². The first-order valence-electron chi connectivity index (χ1n) is 9.02. The summed E-state index contributed by atoms with van der Waals surface area (Å²) in [6.07, 6.45) is 5.23. The molecular formula is C20H23ClN2O4. The Balaban J connectivity index is 1.85. The lowest BCUT2D eigenvalue weighted by atomic mass is 9.97. The maximum Gasteiger partial charge on any atom is 0.310 e. The largest absolute Gasteiger partial charge is 0.496 e. The number of carbonyl (C=O) groups excluding carboxylic acids is 2. The van der Waals surface area contributed by atoms with Crippen molar-refractivity contribution in [1.82, 2.24) is 9.47 Å². The molecule has 1 fully saturated rings. The highest BCUT2D eigenvalue weighted by Gasteiger charge is 2.31. The zero-order valence-electron chi connectivity index (χ0n) is 15.5. The van der Waals surface area contributed by atoms with E-state index in [1.807, 2.05) is 29.1 Å². The second kappa shape index (κ2) is 8.48. The fraction of sp³-hybridized carbons (Fsp3) is 0.400. The summed E-state index contributed by atoms with van der Waals surface area (Å²) in [5.41, 5.74) is 1.13. The van der Waals surface area contributed by atoms with Gasteiger partial charge in [0.05, 0.1) is 35.9 Å². The number of piperidine rings is 1.